The summed E-state index contributed by atoms with van der Waals surface area (Å²) in [5.74, 6) is 1.80. The molecular weight excluding hydrogens is 398 g/mol. The number of nitrogens with one attached hydrogen (secondary N) is 2. The summed E-state index contributed by atoms with van der Waals surface area (Å²) in [6.07, 6.45) is 0.361. The topological polar surface area (TPSA) is 119 Å². The van der Waals surface area contributed by atoms with Crippen molar-refractivity contribution >= 4 is 26.7 Å². The Kier molecular flexibility index (Phi) is 5.61. The number of morpholine rings is 1. The third-order valence-electron chi connectivity index (χ3n) is 5.09. The van der Waals surface area contributed by atoms with E-state index in [4.69, 9.17) is 19.6 Å². The molecule has 29 heavy (non-hydrogen) atoms. The van der Waals surface area contributed by atoms with Crippen LogP contribution in [0.5, 0.6) is 11.5 Å². The predicted octanol–water partition coefficient (Wildman–Crippen LogP) is 0.381. The largest absolute Gasteiger partial charge is 0.491 e. The highest BCUT2D eigenvalue weighted by Gasteiger charge is 2.24. The highest BCUT2D eigenvalue weighted by atomic mass is 32.2. The van der Waals surface area contributed by atoms with Gasteiger partial charge in [-0.1, -0.05) is 0 Å². The molecule has 4 rings (SSSR count). The fourth-order valence-corrected chi connectivity index (χ4v) is 5.10. The standard InChI is InChI=1S/C18H25N5O5S/c1-26-16-14(28-9-2-12-29(24,25)22-7-10-27-11-8-22)4-3-13-15(16)21-18(19)23-6-5-20-17(13)23/h3-4,19-20H,2,5-12H2,1H3. The van der Waals surface area contributed by atoms with Gasteiger partial charge in [-0.05, 0) is 18.6 Å². The monoisotopic (exact) mass is 423 g/mol. The maximum Gasteiger partial charge on any atom is 0.224 e. The molecule has 1 fully saturated rings. The third kappa shape index (κ3) is 3.89. The first kappa shape index (κ1) is 19.9. The zero-order valence-corrected chi connectivity index (χ0v) is 17.1. The van der Waals surface area contributed by atoms with Crippen molar-refractivity contribution in [2.45, 2.75) is 13.0 Å². The molecule has 0 spiro atoms. The van der Waals surface area contributed by atoms with Crippen molar-refractivity contribution in [2.24, 2.45) is 0 Å². The lowest BCUT2D eigenvalue weighted by Gasteiger charge is -2.26. The van der Waals surface area contributed by atoms with Crippen molar-refractivity contribution in [1.82, 2.24) is 13.9 Å². The average molecular weight is 423 g/mol. The number of aromatic nitrogens is 2. The van der Waals surface area contributed by atoms with Gasteiger partial charge < -0.3 is 19.5 Å². The second-order valence-corrected chi connectivity index (χ2v) is 8.97. The number of benzene rings is 1. The molecule has 158 valence electrons. The average Bonchev–Trinajstić information content (AvgIpc) is 3.22. The summed E-state index contributed by atoms with van der Waals surface area (Å²) in [6, 6.07) is 3.68. The van der Waals surface area contributed by atoms with Crippen molar-refractivity contribution in [3.63, 3.8) is 0 Å². The summed E-state index contributed by atoms with van der Waals surface area (Å²) in [7, 11) is -1.78. The minimum absolute atomic E-state index is 0.0199. The van der Waals surface area contributed by atoms with Gasteiger partial charge in [-0.25, -0.2) is 13.4 Å². The third-order valence-corrected chi connectivity index (χ3v) is 7.05. The molecule has 11 heteroatoms. The van der Waals surface area contributed by atoms with E-state index in [9.17, 15) is 8.42 Å². The first-order valence-electron chi connectivity index (χ1n) is 9.59. The molecule has 0 unspecified atom stereocenters. The van der Waals surface area contributed by atoms with Crippen LogP contribution in [0, 0.1) is 5.41 Å². The van der Waals surface area contributed by atoms with E-state index < -0.39 is 10.0 Å². The van der Waals surface area contributed by atoms with Crippen molar-refractivity contribution < 1.29 is 22.6 Å². The van der Waals surface area contributed by atoms with Gasteiger partial charge in [-0.2, -0.15) is 4.31 Å². The van der Waals surface area contributed by atoms with Crippen LogP contribution in [0.25, 0.3) is 10.9 Å². The van der Waals surface area contributed by atoms with Gasteiger partial charge >= 0.3 is 0 Å². The molecule has 2 aromatic rings. The number of rotatable bonds is 7. The number of sulfonamides is 1. The van der Waals surface area contributed by atoms with Crippen LogP contribution in [0.3, 0.4) is 0 Å². The van der Waals surface area contributed by atoms with E-state index in [1.54, 1.807) is 6.07 Å². The zero-order valence-electron chi connectivity index (χ0n) is 16.3. The molecule has 0 amide bonds. The smallest absolute Gasteiger partial charge is 0.224 e. The van der Waals surface area contributed by atoms with Gasteiger partial charge in [0.15, 0.2) is 11.5 Å². The van der Waals surface area contributed by atoms with E-state index >= 15 is 0 Å². The van der Waals surface area contributed by atoms with Crippen LogP contribution in [0.4, 0.5) is 5.82 Å². The summed E-state index contributed by atoms with van der Waals surface area (Å²) < 4.78 is 44.6. The Labute approximate surface area is 168 Å². The van der Waals surface area contributed by atoms with Crippen LogP contribution >= 0.6 is 0 Å². The maximum atomic E-state index is 12.4. The zero-order chi connectivity index (χ0) is 20.4. The first-order chi connectivity index (χ1) is 14.0. The summed E-state index contributed by atoms with van der Waals surface area (Å²) in [5.41, 5.74) is 0.709. The summed E-state index contributed by atoms with van der Waals surface area (Å²) >= 11 is 0. The Morgan fingerprint density at radius 1 is 1.28 bits per heavy atom. The minimum Gasteiger partial charge on any atom is -0.491 e. The van der Waals surface area contributed by atoms with E-state index in [1.165, 1.54) is 11.4 Å². The molecule has 1 saturated heterocycles. The molecule has 10 nitrogen and oxygen atoms in total. The molecule has 0 aliphatic carbocycles. The summed E-state index contributed by atoms with van der Waals surface area (Å²) in [4.78, 5) is 4.38. The van der Waals surface area contributed by atoms with Crippen molar-refractivity contribution in [3.8, 4) is 11.5 Å². The Morgan fingerprint density at radius 3 is 2.83 bits per heavy atom. The molecule has 2 aliphatic heterocycles. The van der Waals surface area contributed by atoms with Gasteiger partial charge in [-0.15, -0.1) is 0 Å². The highest BCUT2D eigenvalue weighted by molar-refractivity contribution is 7.89. The first-order valence-corrected chi connectivity index (χ1v) is 11.2. The quantitative estimate of drug-likeness (QED) is 0.618. The molecular formula is C18H25N5O5S. The molecule has 0 radical (unpaired) electrons. The SMILES string of the molecule is COc1c(OCCCS(=O)(=O)N2CCOCC2)ccc2c3n(c(=N)nc12)CCN3. The second kappa shape index (κ2) is 8.17. The lowest BCUT2D eigenvalue weighted by atomic mass is 10.2. The fraction of sp³-hybridized carbons (Fsp3) is 0.556. The number of anilines is 1. The van der Waals surface area contributed by atoms with E-state index in [-0.39, 0.29) is 18.0 Å². The number of methoxy groups -OCH3 is 1. The van der Waals surface area contributed by atoms with E-state index in [1.807, 2.05) is 10.6 Å². The van der Waals surface area contributed by atoms with Crippen LogP contribution in [-0.4, -0.2) is 74.6 Å². The van der Waals surface area contributed by atoms with Crippen LogP contribution in [0.1, 0.15) is 6.42 Å². The molecule has 1 aromatic heterocycles. The van der Waals surface area contributed by atoms with Crippen LogP contribution < -0.4 is 20.4 Å². The van der Waals surface area contributed by atoms with E-state index in [0.717, 1.165) is 17.7 Å². The summed E-state index contributed by atoms with van der Waals surface area (Å²) in [5, 5.41) is 12.3. The number of hydrogen-bond donors (Lipinski definition) is 2. The van der Waals surface area contributed by atoms with Gasteiger partial charge in [0.25, 0.3) is 0 Å². The van der Waals surface area contributed by atoms with Gasteiger partial charge in [0.2, 0.25) is 15.6 Å². The normalized spacial score (nSPS) is 17.1. The van der Waals surface area contributed by atoms with Crippen molar-refractivity contribution in [2.75, 3.05) is 57.6 Å². The molecule has 0 bridgehead atoms. The molecule has 1 aromatic carbocycles. The van der Waals surface area contributed by atoms with Gasteiger partial charge in [0.1, 0.15) is 11.3 Å². The van der Waals surface area contributed by atoms with E-state index in [0.29, 0.717) is 56.3 Å². The van der Waals surface area contributed by atoms with Crippen molar-refractivity contribution in [1.29, 1.82) is 5.41 Å². The Morgan fingerprint density at radius 2 is 2.07 bits per heavy atom. The Bertz CT molecular complexity index is 1060. The van der Waals surface area contributed by atoms with Crippen LogP contribution in [0.15, 0.2) is 12.1 Å². The molecule has 0 atom stereocenters. The predicted molar refractivity (Wildman–Crippen MR) is 107 cm³/mol. The molecule has 2 N–H and O–H groups in total. The van der Waals surface area contributed by atoms with Crippen LogP contribution in [0.2, 0.25) is 0 Å². The number of nitrogens with zero attached hydrogens (tertiary/aromatic N) is 3. The Balaban J connectivity index is 1.47. The number of ether oxygens (including phenoxy) is 3. The van der Waals surface area contributed by atoms with Crippen LogP contribution in [-0.2, 0) is 21.3 Å². The molecule has 0 saturated carbocycles. The van der Waals surface area contributed by atoms with E-state index in [2.05, 4.69) is 10.3 Å². The molecule has 3 heterocycles. The summed E-state index contributed by atoms with van der Waals surface area (Å²) in [6.45, 7) is 3.37. The Hall–Kier alpha value is -2.37. The maximum absolute atomic E-state index is 12.4. The number of hydrogen-bond acceptors (Lipinski definition) is 8. The van der Waals surface area contributed by atoms with Gasteiger partial charge in [0, 0.05) is 31.6 Å². The second-order valence-electron chi connectivity index (χ2n) is 6.88. The highest BCUT2D eigenvalue weighted by Crippen LogP contribution is 2.37. The minimum atomic E-state index is -3.31. The van der Waals surface area contributed by atoms with Gasteiger partial charge in [0.05, 0.1) is 32.7 Å². The fourth-order valence-electron chi connectivity index (χ4n) is 3.66. The molecule has 2 aliphatic rings. The van der Waals surface area contributed by atoms with Gasteiger partial charge in [-0.3, -0.25) is 9.98 Å². The number of fused-ring (bicyclic) bond motifs is 3. The lowest BCUT2D eigenvalue weighted by molar-refractivity contribution is 0.0730. The lowest BCUT2D eigenvalue weighted by Crippen LogP contribution is -2.42. The van der Waals surface area contributed by atoms with Crippen molar-refractivity contribution in [3.05, 3.63) is 17.8 Å².